The van der Waals surface area contributed by atoms with Gasteiger partial charge < -0.3 is 9.14 Å². The van der Waals surface area contributed by atoms with Gasteiger partial charge in [-0.3, -0.25) is 0 Å². The summed E-state index contributed by atoms with van der Waals surface area (Å²) in [6.45, 7) is 0.313. The smallest absolute Gasteiger partial charge is 0.240 e. The van der Waals surface area contributed by atoms with E-state index in [0.29, 0.717) is 25.1 Å². The molecule has 0 fully saturated rings. The number of hydrogen-bond acceptors (Lipinski definition) is 4. The van der Waals surface area contributed by atoms with Gasteiger partial charge in [-0.15, -0.1) is 0 Å². The number of pyridine rings is 1. The summed E-state index contributed by atoms with van der Waals surface area (Å²) in [5.41, 5.74) is 1.02. The maximum absolute atomic E-state index is 12.3. The highest BCUT2D eigenvalue weighted by Crippen LogP contribution is 2.26. The molecule has 2 heterocycles. The van der Waals surface area contributed by atoms with Crippen molar-refractivity contribution < 1.29 is 13.2 Å². The summed E-state index contributed by atoms with van der Waals surface area (Å²) in [7, 11) is -2.13. The first-order valence-electron chi connectivity index (χ1n) is 7.75. The molecular weight excluding hydrogens is 362 g/mol. The minimum Gasteiger partial charge on any atom is -0.495 e. The van der Waals surface area contributed by atoms with Gasteiger partial charge in [-0.25, -0.2) is 18.1 Å². The van der Waals surface area contributed by atoms with Crippen LogP contribution in [0.2, 0.25) is 5.02 Å². The molecule has 8 heteroatoms. The lowest BCUT2D eigenvalue weighted by Gasteiger charge is -2.09. The van der Waals surface area contributed by atoms with Crippen LogP contribution in [0.4, 0.5) is 0 Å². The van der Waals surface area contributed by atoms with Crippen molar-refractivity contribution in [2.45, 2.75) is 17.7 Å². The fraction of sp³-hybridized carbons (Fsp3) is 0.235. The van der Waals surface area contributed by atoms with Crippen LogP contribution in [0.3, 0.4) is 0 Å². The average molecular weight is 380 g/mol. The summed E-state index contributed by atoms with van der Waals surface area (Å²) < 4.78 is 34.3. The number of fused-ring (bicyclic) bond motifs is 1. The summed E-state index contributed by atoms with van der Waals surface area (Å²) in [6.07, 6.45) is 5.06. The molecule has 0 atom stereocenters. The van der Waals surface area contributed by atoms with Crippen molar-refractivity contribution in [2.24, 2.45) is 0 Å². The number of aromatic nitrogens is 2. The van der Waals surface area contributed by atoms with Crippen LogP contribution in [-0.2, 0) is 16.4 Å². The van der Waals surface area contributed by atoms with Crippen molar-refractivity contribution in [2.75, 3.05) is 13.7 Å². The lowest BCUT2D eigenvalue weighted by Crippen LogP contribution is -2.25. The first kappa shape index (κ1) is 17.7. The molecule has 0 amide bonds. The molecular formula is C17H18ClN3O3S. The monoisotopic (exact) mass is 379 g/mol. The van der Waals surface area contributed by atoms with Crippen LogP contribution in [0.25, 0.3) is 5.52 Å². The molecule has 2 aromatic heterocycles. The largest absolute Gasteiger partial charge is 0.495 e. The number of rotatable bonds is 7. The number of nitrogens with zero attached hydrogens (tertiary/aromatic N) is 2. The molecule has 0 bridgehead atoms. The Morgan fingerprint density at radius 3 is 2.88 bits per heavy atom. The second-order valence-corrected chi connectivity index (χ2v) is 7.64. The molecule has 0 aliphatic rings. The minimum absolute atomic E-state index is 0.115. The highest BCUT2D eigenvalue weighted by atomic mass is 35.5. The summed E-state index contributed by atoms with van der Waals surface area (Å²) >= 11 is 5.99. The number of ether oxygens (including phenoxy) is 1. The highest BCUT2D eigenvalue weighted by molar-refractivity contribution is 7.89. The van der Waals surface area contributed by atoms with Gasteiger partial charge in [-0.2, -0.15) is 0 Å². The van der Waals surface area contributed by atoms with Gasteiger partial charge in [-0.05, 0) is 36.8 Å². The Morgan fingerprint density at radius 1 is 1.28 bits per heavy atom. The van der Waals surface area contributed by atoms with Crippen molar-refractivity contribution in [1.29, 1.82) is 0 Å². The van der Waals surface area contributed by atoms with Gasteiger partial charge in [-0.1, -0.05) is 17.7 Å². The first-order chi connectivity index (χ1) is 12.0. The number of halogens is 1. The molecule has 0 spiro atoms. The van der Waals surface area contributed by atoms with E-state index in [1.54, 1.807) is 6.20 Å². The topological polar surface area (TPSA) is 72.7 Å². The zero-order valence-electron chi connectivity index (χ0n) is 13.6. The Balaban J connectivity index is 1.60. The molecule has 1 aromatic carbocycles. The average Bonchev–Trinajstić information content (AvgIpc) is 3.02. The number of benzene rings is 1. The van der Waals surface area contributed by atoms with E-state index >= 15 is 0 Å². The van der Waals surface area contributed by atoms with Gasteiger partial charge in [0.05, 0.1) is 28.7 Å². The fourth-order valence-corrected chi connectivity index (χ4v) is 3.96. The summed E-state index contributed by atoms with van der Waals surface area (Å²) in [4.78, 5) is 4.49. The van der Waals surface area contributed by atoms with Gasteiger partial charge in [0.15, 0.2) is 0 Å². The number of hydrogen-bond donors (Lipinski definition) is 1. The zero-order chi connectivity index (χ0) is 17.9. The molecule has 6 nitrogen and oxygen atoms in total. The van der Waals surface area contributed by atoms with Crippen LogP contribution < -0.4 is 9.46 Å². The van der Waals surface area contributed by atoms with Crippen molar-refractivity contribution in [1.82, 2.24) is 14.1 Å². The van der Waals surface area contributed by atoms with Gasteiger partial charge in [0.1, 0.15) is 11.6 Å². The molecule has 0 saturated heterocycles. The lowest BCUT2D eigenvalue weighted by atomic mass is 10.3. The van der Waals surface area contributed by atoms with Crippen molar-refractivity contribution in [3.05, 3.63) is 59.6 Å². The molecule has 0 saturated carbocycles. The third-order valence-electron chi connectivity index (χ3n) is 3.82. The van der Waals surface area contributed by atoms with Crippen LogP contribution in [-0.4, -0.2) is 31.5 Å². The third kappa shape index (κ3) is 3.95. The van der Waals surface area contributed by atoms with Crippen LogP contribution in [0, 0.1) is 0 Å². The lowest BCUT2D eigenvalue weighted by molar-refractivity contribution is 0.414. The van der Waals surface area contributed by atoms with E-state index in [0.717, 1.165) is 11.3 Å². The summed E-state index contributed by atoms with van der Waals surface area (Å²) in [5.74, 6) is 1.34. The Labute approximate surface area is 151 Å². The van der Waals surface area contributed by atoms with E-state index in [-0.39, 0.29) is 9.92 Å². The third-order valence-corrected chi connectivity index (χ3v) is 5.57. The second kappa shape index (κ2) is 7.43. The van der Waals surface area contributed by atoms with Crippen LogP contribution >= 0.6 is 11.6 Å². The number of imidazole rings is 1. The maximum atomic E-state index is 12.3. The molecule has 1 N–H and O–H groups in total. The summed E-state index contributed by atoms with van der Waals surface area (Å²) in [6, 6.07) is 10.3. The first-order valence-corrected chi connectivity index (χ1v) is 9.61. The Morgan fingerprint density at radius 2 is 2.12 bits per heavy atom. The van der Waals surface area contributed by atoms with Crippen LogP contribution in [0.15, 0.2) is 53.7 Å². The van der Waals surface area contributed by atoms with E-state index in [1.807, 2.05) is 28.8 Å². The number of sulfonamides is 1. The van der Waals surface area contributed by atoms with E-state index in [2.05, 4.69) is 9.71 Å². The van der Waals surface area contributed by atoms with Crippen molar-refractivity contribution in [3.8, 4) is 5.75 Å². The van der Waals surface area contributed by atoms with E-state index in [1.165, 1.54) is 25.3 Å². The van der Waals surface area contributed by atoms with Crippen molar-refractivity contribution >= 4 is 27.1 Å². The number of aryl methyl sites for hydroxylation is 1. The molecule has 25 heavy (non-hydrogen) atoms. The number of methoxy groups -OCH3 is 1. The van der Waals surface area contributed by atoms with E-state index in [9.17, 15) is 8.42 Å². The predicted molar refractivity (Wildman–Crippen MR) is 96.7 cm³/mol. The molecule has 3 aromatic rings. The molecule has 132 valence electrons. The number of nitrogens with one attached hydrogen (secondary N) is 1. The fourth-order valence-electron chi connectivity index (χ4n) is 2.54. The quantitative estimate of drug-likeness (QED) is 0.640. The Bertz CT molecular complexity index is 986. The standard InChI is InChI=1S/C17H18ClN3O3S/c1-24-16-8-7-14(11-15(16)18)25(22,23)20-9-4-6-17-19-12-13-5-2-3-10-21(13)17/h2-3,5,7-8,10-12,20H,4,6,9H2,1H3. The molecule has 0 unspecified atom stereocenters. The Hall–Kier alpha value is -2.09. The maximum Gasteiger partial charge on any atom is 0.240 e. The SMILES string of the molecule is COc1ccc(S(=O)(=O)NCCCc2ncc3ccccn23)cc1Cl. The minimum atomic E-state index is -3.61. The highest BCUT2D eigenvalue weighted by Gasteiger charge is 2.15. The van der Waals surface area contributed by atoms with Crippen molar-refractivity contribution in [3.63, 3.8) is 0 Å². The van der Waals surface area contributed by atoms with Gasteiger partial charge in [0, 0.05) is 19.2 Å². The van der Waals surface area contributed by atoms with Gasteiger partial charge in [0.25, 0.3) is 0 Å². The van der Waals surface area contributed by atoms with Gasteiger partial charge in [0.2, 0.25) is 10.0 Å². The Kier molecular flexibility index (Phi) is 5.27. The molecule has 0 aliphatic carbocycles. The summed E-state index contributed by atoms with van der Waals surface area (Å²) in [5, 5.41) is 0.259. The van der Waals surface area contributed by atoms with E-state index < -0.39 is 10.0 Å². The predicted octanol–water partition coefficient (Wildman–Crippen LogP) is 2.91. The van der Waals surface area contributed by atoms with E-state index in [4.69, 9.17) is 16.3 Å². The molecule has 0 radical (unpaired) electrons. The van der Waals surface area contributed by atoms with Gasteiger partial charge >= 0.3 is 0 Å². The molecule has 3 rings (SSSR count). The van der Waals surface area contributed by atoms with Crippen LogP contribution in [0.5, 0.6) is 5.75 Å². The van der Waals surface area contributed by atoms with Crippen LogP contribution in [0.1, 0.15) is 12.2 Å². The normalized spacial score (nSPS) is 11.8. The second-order valence-electron chi connectivity index (χ2n) is 5.47. The molecule has 0 aliphatic heterocycles. The zero-order valence-corrected chi connectivity index (χ0v) is 15.2.